The number of rotatable bonds is 12. The molecule has 224 valence electrons. The largest absolute Gasteiger partial charge is 0.497 e. The van der Waals surface area contributed by atoms with E-state index in [-0.39, 0.29) is 49.7 Å². The second kappa shape index (κ2) is 13.4. The molecule has 0 aliphatic carbocycles. The fourth-order valence-electron chi connectivity index (χ4n) is 4.21. The third-order valence-corrected chi connectivity index (χ3v) is 6.59. The van der Waals surface area contributed by atoms with Gasteiger partial charge in [-0.3, -0.25) is 19.3 Å². The van der Waals surface area contributed by atoms with Gasteiger partial charge in [0.25, 0.3) is 11.8 Å². The van der Waals surface area contributed by atoms with Crippen LogP contribution in [0, 0.1) is 11.8 Å². The molecule has 2 amide bonds. The Bertz CT molecular complexity index is 1450. The van der Waals surface area contributed by atoms with Gasteiger partial charge in [0.15, 0.2) is 11.4 Å². The van der Waals surface area contributed by atoms with E-state index in [1.165, 1.54) is 24.0 Å². The number of aliphatic imine (C=N–C) groups is 1. The second-order valence-corrected chi connectivity index (χ2v) is 9.61. The quantitative estimate of drug-likeness (QED) is 0.309. The van der Waals surface area contributed by atoms with E-state index in [2.05, 4.69) is 36.3 Å². The van der Waals surface area contributed by atoms with Gasteiger partial charge in [-0.2, -0.15) is 13.2 Å². The number of benzene rings is 1. The van der Waals surface area contributed by atoms with E-state index >= 15 is 0 Å². The predicted molar refractivity (Wildman–Crippen MR) is 141 cm³/mol. The van der Waals surface area contributed by atoms with Crippen molar-refractivity contribution < 1.29 is 31.9 Å². The molecule has 3 unspecified atom stereocenters. The van der Waals surface area contributed by atoms with Crippen LogP contribution in [-0.4, -0.2) is 73.5 Å². The Kier molecular flexibility index (Phi) is 9.64. The summed E-state index contributed by atoms with van der Waals surface area (Å²) in [4.78, 5) is 28.8. The number of hydrogen-bond acceptors (Lipinski definition) is 8. The average Bonchev–Trinajstić information content (AvgIpc) is 3.64. The summed E-state index contributed by atoms with van der Waals surface area (Å²) in [6, 6.07) is 7.24. The van der Waals surface area contributed by atoms with Crippen molar-refractivity contribution in [3.8, 4) is 5.75 Å². The van der Waals surface area contributed by atoms with Gasteiger partial charge < -0.3 is 15.4 Å². The molecule has 2 N–H and O–H groups in total. The fraction of sp³-hybridized carbons (Fsp3) is 0.423. The Balaban J connectivity index is 1.20. The summed E-state index contributed by atoms with van der Waals surface area (Å²) in [5.74, 6) is -3.06. The molecule has 16 heteroatoms. The van der Waals surface area contributed by atoms with E-state index in [0.717, 1.165) is 22.5 Å². The number of halogens is 4. The van der Waals surface area contributed by atoms with Crippen molar-refractivity contribution in [2.45, 2.75) is 45.3 Å². The Labute approximate surface area is 237 Å². The van der Waals surface area contributed by atoms with Gasteiger partial charge in [-0.25, -0.2) is 9.07 Å². The number of carbonyl (C=O) groups is 2. The molecular weight excluding hydrogens is 562 g/mol. The Morgan fingerprint density at radius 3 is 2.40 bits per heavy atom. The van der Waals surface area contributed by atoms with Gasteiger partial charge in [-0.15, -0.1) is 10.2 Å². The molecule has 3 aromatic rings. The minimum Gasteiger partial charge on any atom is -0.497 e. The van der Waals surface area contributed by atoms with Crippen molar-refractivity contribution in [1.29, 1.82) is 0 Å². The van der Waals surface area contributed by atoms with Crippen LogP contribution in [0.1, 0.15) is 39.9 Å². The number of methoxy groups -OCH3 is 1. The van der Waals surface area contributed by atoms with Gasteiger partial charge in [0.05, 0.1) is 38.5 Å². The minimum atomic E-state index is -4.42. The van der Waals surface area contributed by atoms with Crippen LogP contribution in [0.3, 0.4) is 0 Å². The standard InChI is InChI=1S/C26H29F4N9O3/c1-16-20(26(28,29)30)6-8-31-21(16)12-33-25(41)23-15-39(37-35-23)13-18(27)7-9-38-14-22(34-36-38)24(40)32-11-17-4-3-5-19(10-17)42-2/h3-6,8,10,14-16,18,20H,7,9,11-13H2,1-2H3,(H,32,40)(H,33,41). The summed E-state index contributed by atoms with van der Waals surface area (Å²) in [5, 5.41) is 20.4. The molecule has 1 aliphatic heterocycles. The zero-order valence-electron chi connectivity index (χ0n) is 22.8. The second-order valence-electron chi connectivity index (χ2n) is 9.61. The zero-order chi connectivity index (χ0) is 30.3. The van der Waals surface area contributed by atoms with E-state index in [9.17, 15) is 27.2 Å². The predicted octanol–water partition coefficient (Wildman–Crippen LogP) is 2.75. The maximum absolute atomic E-state index is 14.6. The van der Waals surface area contributed by atoms with Gasteiger partial charge in [0.1, 0.15) is 11.9 Å². The lowest BCUT2D eigenvalue weighted by Crippen LogP contribution is -2.39. The maximum Gasteiger partial charge on any atom is 0.395 e. The molecule has 4 rings (SSSR count). The van der Waals surface area contributed by atoms with Gasteiger partial charge in [0.2, 0.25) is 0 Å². The Hall–Kier alpha value is -4.63. The molecule has 0 fully saturated rings. The number of nitrogens with one attached hydrogen (secondary N) is 2. The normalized spacial score (nSPS) is 17.4. The fourth-order valence-corrected chi connectivity index (χ4v) is 4.21. The summed E-state index contributed by atoms with van der Waals surface area (Å²) in [7, 11) is 1.55. The lowest BCUT2D eigenvalue weighted by molar-refractivity contribution is -0.167. The summed E-state index contributed by atoms with van der Waals surface area (Å²) < 4.78 is 61.7. The summed E-state index contributed by atoms with van der Waals surface area (Å²) >= 11 is 0. The van der Waals surface area contributed by atoms with Crippen LogP contribution in [-0.2, 0) is 19.6 Å². The minimum absolute atomic E-state index is 0.0151. The number of ether oxygens (including phenoxy) is 1. The molecule has 0 saturated carbocycles. The molecule has 2 aromatic heterocycles. The monoisotopic (exact) mass is 591 g/mol. The lowest BCUT2D eigenvalue weighted by atomic mass is 9.87. The van der Waals surface area contributed by atoms with Crippen molar-refractivity contribution in [2.75, 3.05) is 13.7 Å². The molecule has 1 aliphatic rings. The number of alkyl halides is 4. The van der Waals surface area contributed by atoms with Crippen LogP contribution in [0.2, 0.25) is 0 Å². The first-order valence-electron chi connectivity index (χ1n) is 13.0. The van der Waals surface area contributed by atoms with Gasteiger partial charge in [-0.1, -0.05) is 35.6 Å². The summed E-state index contributed by atoms with van der Waals surface area (Å²) in [6.45, 7) is 1.38. The van der Waals surface area contributed by atoms with E-state index in [4.69, 9.17) is 4.74 Å². The number of amides is 2. The number of allylic oxidation sites excluding steroid dienone is 1. The van der Waals surface area contributed by atoms with Gasteiger partial charge >= 0.3 is 6.18 Å². The third-order valence-electron chi connectivity index (χ3n) is 6.59. The number of hydrogen-bond donors (Lipinski definition) is 2. The van der Waals surface area contributed by atoms with Crippen molar-refractivity contribution in [1.82, 2.24) is 40.6 Å². The third kappa shape index (κ3) is 7.98. The van der Waals surface area contributed by atoms with E-state index in [1.54, 1.807) is 19.2 Å². The molecule has 0 bridgehead atoms. The summed E-state index contributed by atoms with van der Waals surface area (Å²) in [5.41, 5.74) is 0.984. The Morgan fingerprint density at radius 2 is 1.71 bits per heavy atom. The SMILES string of the molecule is COc1cccc(CNC(=O)c2cn(CCC(F)Cn3cc(C(=O)NCC4=NC=CC(C(F)(F)F)C4C)nn3)nn2)c1. The van der Waals surface area contributed by atoms with Crippen LogP contribution in [0.15, 0.2) is 53.9 Å². The van der Waals surface area contributed by atoms with Crippen LogP contribution >= 0.6 is 0 Å². The van der Waals surface area contributed by atoms with Crippen molar-refractivity contribution in [3.63, 3.8) is 0 Å². The number of carbonyl (C=O) groups excluding carboxylic acids is 2. The molecule has 1 aromatic carbocycles. The van der Waals surface area contributed by atoms with Crippen LogP contribution in [0.4, 0.5) is 17.6 Å². The molecular formula is C26H29F4N9O3. The highest BCUT2D eigenvalue weighted by molar-refractivity contribution is 5.97. The highest BCUT2D eigenvalue weighted by Gasteiger charge is 2.43. The molecule has 42 heavy (non-hydrogen) atoms. The maximum atomic E-state index is 14.6. The molecule has 0 spiro atoms. The van der Waals surface area contributed by atoms with Crippen molar-refractivity contribution >= 4 is 17.5 Å². The average molecular weight is 592 g/mol. The van der Waals surface area contributed by atoms with Gasteiger partial charge in [0, 0.05) is 37.3 Å². The Morgan fingerprint density at radius 1 is 1.05 bits per heavy atom. The number of aromatic nitrogens is 6. The van der Waals surface area contributed by atoms with E-state index in [0.29, 0.717) is 5.75 Å². The first-order chi connectivity index (χ1) is 20.0. The first kappa shape index (κ1) is 30.3. The molecule has 12 nitrogen and oxygen atoms in total. The van der Waals surface area contributed by atoms with Gasteiger partial charge in [-0.05, 0) is 17.7 Å². The molecule has 0 saturated heterocycles. The van der Waals surface area contributed by atoms with E-state index < -0.39 is 36.0 Å². The smallest absolute Gasteiger partial charge is 0.395 e. The first-order valence-corrected chi connectivity index (χ1v) is 13.0. The van der Waals surface area contributed by atoms with Crippen LogP contribution in [0.5, 0.6) is 5.75 Å². The molecule has 0 radical (unpaired) electrons. The van der Waals surface area contributed by atoms with Crippen molar-refractivity contribution in [3.05, 3.63) is 65.9 Å². The molecule has 3 atom stereocenters. The highest BCUT2D eigenvalue weighted by Crippen LogP contribution is 2.35. The summed E-state index contributed by atoms with van der Waals surface area (Å²) in [6.07, 6.45) is -1.07. The number of aryl methyl sites for hydroxylation is 1. The van der Waals surface area contributed by atoms with Crippen LogP contribution < -0.4 is 15.4 Å². The van der Waals surface area contributed by atoms with E-state index in [1.807, 2.05) is 12.1 Å². The molecule has 3 heterocycles. The number of nitrogens with zero attached hydrogens (tertiary/aromatic N) is 7. The topological polar surface area (TPSA) is 141 Å². The van der Waals surface area contributed by atoms with Crippen molar-refractivity contribution in [2.24, 2.45) is 16.8 Å². The van der Waals surface area contributed by atoms with Crippen LogP contribution in [0.25, 0.3) is 0 Å². The lowest BCUT2D eigenvalue weighted by Gasteiger charge is -2.27. The zero-order valence-corrected chi connectivity index (χ0v) is 22.8. The highest BCUT2D eigenvalue weighted by atomic mass is 19.4.